The lowest BCUT2D eigenvalue weighted by atomic mass is 9.91. The van der Waals surface area contributed by atoms with Gasteiger partial charge in [-0.1, -0.05) is 6.92 Å². The van der Waals surface area contributed by atoms with Crippen LogP contribution in [0.4, 0.5) is 4.79 Å². The van der Waals surface area contributed by atoms with Gasteiger partial charge >= 0.3 is 6.03 Å². The van der Waals surface area contributed by atoms with Crippen molar-refractivity contribution in [3.8, 4) is 5.75 Å². The van der Waals surface area contributed by atoms with Gasteiger partial charge in [0.15, 0.2) is 0 Å². The number of carbonyl (C=O) groups is 2. The Morgan fingerprint density at radius 2 is 2.17 bits per heavy atom. The number of hydrogen-bond acceptors (Lipinski definition) is 4. The molecule has 162 valence electrons. The normalized spacial score (nSPS) is 21.8. The molecule has 2 aromatic rings. The van der Waals surface area contributed by atoms with Crippen LogP contribution >= 0.6 is 0 Å². The summed E-state index contributed by atoms with van der Waals surface area (Å²) in [6, 6.07) is 7.68. The molecular formula is C22H30N4O4. The summed E-state index contributed by atoms with van der Waals surface area (Å²) in [6.45, 7) is 5.60. The highest BCUT2D eigenvalue weighted by Crippen LogP contribution is 2.27. The van der Waals surface area contributed by atoms with Crippen molar-refractivity contribution in [2.45, 2.75) is 25.8 Å². The van der Waals surface area contributed by atoms with E-state index in [1.165, 1.54) is 0 Å². The van der Waals surface area contributed by atoms with Crippen LogP contribution in [0.15, 0.2) is 24.3 Å². The summed E-state index contributed by atoms with van der Waals surface area (Å²) in [4.78, 5) is 32.8. The van der Waals surface area contributed by atoms with E-state index in [1.807, 2.05) is 41.0 Å². The Kier molecular flexibility index (Phi) is 6.13. The zero-order chi connectivity index (χ0) is 21.1. The van der Waals surface area contributed by atoms with E-state index < -0.39 is 0 Å². The number of nitrogens with one attached hydrogen (secondary N) is 2. The molecule has 2 aliphatic heterocycles. The quantitative estimate of drug-likeness (QED) is 0.805. The molecule has 0 aliphatic carbocycles. The number of H-pyrrole nitrogens is 1. The first kappa shape index (κ1) is 20.5. The van der Waals surface area contributed by atoms with Crippen LogP contribution in [0.5, 0.6) is 5.75 Å². The van der Waals surface area contributed by atoms with Gasteiger partial charge in [0.25, 0.3) is 5.91 Å². The molecule has 0 radical (unpaired) electrons. The summed E-state index contributed by atoms with van der Waals surface area (Å²) < 4.78 is 11.0. The molecule has 0 unspecified atom stereocenters. The third-order valence-electron chi connectivity index (χ3n) is 6.04. The molecule has 0 saturated carbocycles. The van der Waals surface area contributed by atoms with Gasteiger partial charge in [0, 0.05) is 55.1 Å². The van der Waals surface area contributed by atoms with Crippen LogP contribution in [0.1, 0.15) is 30.3 Å². The maximum Gasteiger partial charge on any atom is 0.317 e. The summed E-state index contributed by atoms with van der Waals surface area (Å²) in [5, 5.41) is 3.96. The average molecular weight is 415 g/mol. The van der Waals surface area contributed by atoms with Crippen molar-refractivity contribution in [2.24, 2.45) is 5.92 Å². The third-order valence-corrected chi connectivity index (χ3v) is 6.04. The number of hydrogen-bond donors (Lipinski definition) is 2. The number of piperidine rings is 1. The minimum atomic E-state index is -0.0262. The SMILES string of the molecule is CCCNC(=O)N1CCOC[C@H]2CN(C(=O)c3cc4ccc(OC)cc4[nH]3)CC[C@H]21. The minimum absolute atomic E-state index is 0.0187. The molecule has 8 nitrogen and oxygen atoms in total. The maximum atomic E-state index is 13.2. The van der Waals surface area contributed by atoms with E-state index in [2.05, 4.69) is 10.3 Å². The average Bonchev–Trinajstić information content (AvgIpc) is 3.08. The van der Waals surface area contributed by atoms with Crippen molar-refractivity contribution in [1.29, 1.82) is 0 Å². The Bertz CT molecular complexity index is 912. The highest BCUT2D eigenvalue weighted by molar-refractivity contribution is 5.98. The zero-order valence-corrected chi connectivity index (χ0v) is 17.6. The number of aromatic amines is 1. The lowest BCUT2D eigenvalue weighted by Gasteiger charge is -2.41. The molecule has 30 heavy (non-hydrogen) atoms. The highest BCUT2D eigenvalue weighted by Gasteiger charge is 2.39. The van der Waals surface area contributed by atoms with Gasteiger partial charge in [-0.2, -0.15) is 0 Å². The fourth-order valence-electron chi connectivity index (χ4n) is 4.45. The number of methoxy groups -OCH3 is 1. The molecule has 2 saturated heterocycles. The second-order valence-electron chi connectivity index (χ2n) is 8.00. The summed E-state index contributed by atoms with van der Waals surface area (Å²) >= 11 is 0. The van der Waals surface area contributed by atoms with Crippen LogP contribution in [-0.2, 0) is 4.74 Å². The second-order valence-corrected chi connectivity index (χ2v) is 8.00. The molecule has 2 aliphatic rings. The first-order valence-electron chi connectivity index (χ1n) is 10.7. The molecule has 0 bridgehead atoms. The van der Waals surface area contributed by atoms with E-state index in [-0.39, 0.29) is 23.9 Å². The molecular weight excluding hydrogens is 384 g/mol. The number of nitrogens with zero attached hydrogens (tertiary/aromatic N) is 2. The molecule has 1 aromatic heterocycles. The van der Waals surface area contributed by atoms with Crippen LogP contribution in [0.3, 0.4) is 0 Å². The number of amides is 3. The molecule has 1 aromatic carbocycles. The van der Waals surface area contributed by atoms with Crippen LogP contribution in [0.25, 0.3) is 10.9 Å². The van der Waals surface area contributed by atoms with Crippen molar-refractivity contribution < 1.29 is 19.1 Å². The van der Waals surface area contributed by atoms with Gasteiger partial charge in [0.2, 0.25) is 0 Å². The van der Waals surface area contributed by atoms with Crippen LogP contribution in [-0.4, -0.2) is 79.3 Å². The van der Waals surface area contributed by atoms with Crippen molar-refractivity contribution >= 4 is 22.8 Å². The van der Waals surface area contributed by atoms with Crippen LogP contribution in [0.2, 0.25) is 0 Å². The number of ether oxygens (including phenoxy) is 2. The number of carbonyl (C=O) groups excluding carboxylic acids is 2. The fourth-order valence-corrected chi connectivity index (χ4v) is 4.45. The Hall–Kier alpha value is -2.74. The minimum Gasteiger partial charge on any atom is -0.497 e. The third kappa shape index (κ3) is 4.09. The number of urea groups is 1. The Labute approximate surface area is 176 Å². The summed E-state index contributed by atoms with van der Waals surface area (Å²) in [6.07, 6.45) is 1.66. The lowest BCUT2D eigenvalue weighted by molar-refractivity contribution is 0.0428. The van der Waals surface area contributed by atoms with Gasteiger partial charge in [-0.05, 0) is 31.0 Å². The Morgan fingerprint density at radius 1 is 1.30 bits per heavy atom. The van der Waals surface area contributed by atoms with E-state index >= 15 is 0 Å². The van der Waals surface area contributed by atoms with E-state index in [9.17, 15) is 9.59 Å². The first-order valence-corrected chi connectivity index (χ1v) is 10.7. The number of likely N-dealkylation sites (tertiary alicyclic amines) is 1. The fraction of sp³-hybridized carbons (Fsp3) is 0.545. The van der Waals surface area contributed by atoms with Crippen LogP contribution in [0, 0.1) is 5.92 Å². The zero-order valence-electron chi connectivity index (χ0n) is 17.6. The standard InChI is InChI=1S/C22H30N4O4/c1-3-7-23-22(28)26-9-10-30-14-16-13-25(8-6-20(16)26)21(27)19-11-15-4-5-17(29-2)12-18(15)24-19/h4-5,11-12,16,20,24H,3,6-10,13-14H2,1-2H3,(H,23,28)/t16-,20-/m1/s1. The van der Waals surface area contributed by atoms with Crippen molar-refractivity contribution in [2.75, 3.05) is 46.5 Å². The lowest BCUT2D eigenvalue weighted by Crippen LogP contribution is -2.56. The molecule has 8 heteroatoms. The number of fused-ring (bicyclic) bond motifs is 2. The Morgan fingerprint density at radius 3 is 2.97 bits per heavy atom. The first-order chi connectivity index (χ1) is 14.6. The van der Waals surface area contributed by atoms with Crippen molar-refractivity contribution in [1.82, 2.24) is 20.1 Å². The summed E-state index contributed by atoms with van der Waals surface area (Å²) in [5.41, 5.74) is 1.45. The topological polar surface area (TPSA) is 86.9 Å². The van der Waals surface area contributed by atoms with E-state index in [0.29, 0.717) is 45.1 Å². The molecule has 0 spiro atoms. The molecule has 2 atom stereocenters. The van der Waals surface area contributed by atoms with E-state index in [0.717, 1.165) is 29.5 Å². The Balaban J connectivity index is 1.47. The van der Waals surface area contributed by atoms with E-state index in [1.54, 1.807) is 7.11 Å². The predicted octanol–water partition coefficient (Wildman–Crippen LogP) is 2.46. The summed E-state index contributed by atoms with van der Waals surface area (Å²) in [5.74, 6) is 0.845. The van der Waals surface area contributed by atoms with Crippen LogP contribution < -0.4 is 10.1 Å². The number of rotatable bonds is 4. The maximum absolute atomic E-state index is 13.2. The smallest absolute Gasteiger partial charge is 0.317 e. The highest BCUT2D eigenvalue weighted by atomic mass is 16.5. The van der Waals surface area contributed by atoms with E-state index in [4.69, 9.17) is 9.47 Å². The molecule has 3 heterocycles. The number of benzene rings is 1. The molecule has 4 rings (SSSR count). The van der Waals surface area contributed by atoms with Gasteiger partial charge < -0.3 is 29.6 Å². The van der Waals surface area contributed by atoms with Gasteiger partial charge in [-0.15, -0.1) is 0 Å². The molecule has 3 amide bonds. The molecule has 2 N–H and O–H groups in total. The number of aromatic nitrogens is 1. The predicted molar refractivity (Wildman–Crippen MR) is 114 cm³/mol. The van der Waals surface area contributed by atoms with Gasteiger partial charge in [0.05, 0.1) is 20.3 Å². The largest absolute Gasteiger partial charge is 0.497 e. The second kappa shape index (κ2) is 8.95. The monoisotopic (exact) mass is 414 g/mol. The van der Waals surface area contributed by atoms with Gasteiger partial charge in [-0.3, -0.25) is 4.79 Å². The molecule has 2 fully saturated rings. The van der Waals surface area contributed by atoms with Gasteiger partial charge in [0.1, 0.15) is 11.4 Å². The summed E-state index contributed by atoms with van der Waals surface area (Å²) in [7, 11) is 1.63. The van der Waals surface area contributed by atoms with Crippen molar-refractivity contribution in [3.05, 3.63) is 30.0 Å². The van der Waals surface area contributed by atoms with Gasteiger partial charge in [-0.25, -0.2) is 4.79 Å². The van der Waals surface area contributed by atoms with Crippen molar-refractivity contribution in [3.63, 3.8) is 0 Å².